The quantitative estimate of drug-likeness (QED) is 0.596. The SMILES string of the molecule is CC(N)CC1CCNCC1. The molecule has 0 aromatic heterocycles. The van der Waals surface area contributed by atoms with Crippen molar-refractivity contribution in [2.75, 3.05) is 13.1 Å². The predicted molar refractivity (Wildman–Crippen MR) is 43.9 cm³/mol. The van der Waals surface area contributed by atoms with Crippen molar-refractivity contribution in [2.45, 2.75) is 32.2 Å². The first-order chi connectivity index (χ1) is 4.79. The van der Waals surface area contributed by atoms with E-state index in [0.717, 1.165) is 5.92 Å². The van der Waals surface area contributed by atoms with Crippen molar-refractivity contribution in [1.29, 1.82) is 0 Å². The van der Waals surface area contributed by atoms with Crippen LogP contribution in [0.1, 0.15) is 26.2 Å². The van der Waals surface area contributed by atoms with Gasteiger partial charge in [-0.05, 0) is 45.2 Å². The molecule has 0 spiro atoms. The van der Waals surface area contributed by atoms with Crippen molar-refractivity contribution in [3.05, 3.63) is 0 Å². The minimum absolute atomic E-state index is 0.392. The molecular formula is C8H18N2. The maximum Gasteiger partial charge on any atom is 0.00131 e. The highest BCUT2D eigenvalue weighted by Gasteiger charge is 2.13. The predicted octanol–water partition coefficient (Wildman–Crippen LogP) is 0.723. The van der Waals surface area contributed by atoms with E-state index < -0.39 is 0 Å². The van der Waals surface area contributed by atoms with E-state index in [1.165, 1.54) is 32.4 Å². The molecule has 1 unspecified atom stereocenters. The summed E-state index contributed by atoms with van der Waals surface area (Å²) in [6.07, 6.45) is 3.85. The van der Waals surface area contributed by atoms with Crippen LogP contribution in [-0.4, -0.2) is 19.1 Å². The van der Waals surface area contributed by atoms with E-state index in [4.69, 9.17) is 5.73 Å². The minimum atomic E-state index is 0.392. The monoisotopic (exact) mass is 142 g/mol. The molecular weight excluding hydrogens is 124 g/mol. The standard InChI is InChI=1S/C8H18N2/c1-7(9)6-8-2-4-10-5-3-8/h7-8,10H,2-6,9H2,1H3. The van der Waals surface area contributed by atoms with Crippen molar-refractivity contribution in [2.24, 2.45) is 11.7 Å². The lowest BCUT2D eigenvalue weighted by atomic mass is 9.92. The zero-order valence-corrected chi connectivity index (χ0v) is 6.77. The molecule has 1 atom stereocenters. The molecule has 0 aromatic carbocycles. The first-order valence-corrected chi connectivity index (χ1v) is 4.25. The van der Waals surface area contributed by atoms with Gasteiger partial charge in [0.15, 0.2) is 0 Å². The van der Waals surface area contributed by atoms with Crippen LogP contribution in [0.2, 0.25) is 0 Å². The van der Waals surface area contributed by atoms with Crippen LogP contribution in [0.5, 0.6) is 0 Å². The van der Waals surface area contributed by atoms with Crippen molar-refractivity contribution in [1.82, 2.24) is 5.32 Å². The molecule has 0 bridgehead atoms. The zero-order valence-electron chi connectivity index (χ0n) is 6.77. The summed E-state index contributed by atoms with van der Waals surface area (Å²) in [5.41, 5.74) is 5.70. The molecule has 0 radical (unpaired) electrons. The van der Waals surface area contributed by atoms with Crippen LogP contribution in [0.25, 0.3) is 0 Å². The van der Waals surface area contributed by atoms with Gasteiger partial charge in [-0.25, -0.2) is 0 Å². The van der Waals surface area contributed by atoms with Gasteiger partial charge in [-0.15, -0.1) is 0 Å². The third kappa shape index (κ3) is 2.67. The molecule has 10 heavy (non-hydrogen) atoms. The van der Waals surface area contributed by atoms with Gasteiger partial charge in [-0.3, -0.25) is 0 Å². The molecule has 0 aliphatic carbocycles. The number of rotatable bonds is 2. The average Bonchev–Trinajstić information content (AvgIpc) is 1.88. The van der Waals surface area contributed by atoms with Crippen LogP contribution < -0.4 is 11.1 Å². The number of hydrogen-bond donors (Lipinski definition) is 2. The highest BCUT2D eigenvalue weighted by atomic mass is 14.9. The van der Waals surface area contributed by atoms with Gasteiger partial charge >= 0.3 is 0 Å². The molecule has 1 saturated heterocycles. The first kappa shape index (κ1) is 8.02. The number of nitrogens with two attached hydrogens (primary N) is 1. The Bertz CT molecular complexity index is 85.3. The Balaban J connectivity index is 2.13. The smallest absolute Gasteiger partial charge is 0.00131 e. The molecule has 2 heteroatoms. The molecule has 0 amide bonds. The fourth-order valence-electron chi connectivity index (χ4n) is 1.64. The summed E-state index contributed by atoms with van der Waals surface area (Å²) in [6, 6.07) is 0.392. The molecule has 1 aliphatic rings. The largest absolute Gasteiger partial charge is 0.328 e. The molecule has 0 saturated carbocycles. The highest BCUT2D eigenvalue weighted by Crippen LogP contribution is 2.16. The maximum absolute atomic E-state index is 5.70. The van der Waals surface area contributed by atoms with Crippen molar-refractivity contribution in [3.8, 4) is 0 Å². The van der Waals surface area contributed by atoms with E-state index in [0.29, 0.717) is 6.04 Å². The van der Waals surface area contributed by atoms with Crippen LogP contribution in [0.3, 0.4) is 0 Å². The molecule has 60 valence electrons. The van der Waals surface area contributed by atoms with Crippen LogP contribution in [-0.2, 0) is 0 Å². The fourth-order valence-corrected chi connectivity index (χ4v) is 1.64. The summed E-state index contributed by atoms with van der Waals surface area (Å²) in [7, 11) is 0. The van der Waals surface area contributed by atoms with Gasteiger partial charge in [0.1, 0.15) is 0 Å². The van der Waals surface area contributed by atoms with E-state index in [9.17, 15) is 0 Å². The summed E-state index contributed by atoms with van der Waals surface area (Å²) in [5, 5.41) is 3.35. The summed E-state index contributed by atoms with van der Waals surface area (Å²) >= 11 is 0. The third-order valence-electron chi connectivity index (χ3n) is 2.16. The molecule has 2 nitrogen and oxygen atoms in total. The Labute approximate surface area is 63.2 Å². The minimum Gasteiger partial charge on any atom is -0.328 e. The zero-order chi connectivity index (χ0) is 7.40. The van der Waals surface area contributed by atoms with E-state index in [1.807, 2.05) is 0 Å². The molecule has 0 aromatic rings. The fraction of sp³-hybridized carbons (Fsp3) is 1.00. The first-order valence-electron chi connectivity index (χ1n) is 4.25. The molecule has 1 fully saturated rings. The second-order valence-corrected chi connectivity index (χ2v) is 3.41. The van der Waals surface area contributed by atoms with Gasteiger partial charge in [-0.2, -0.15) is 0 Å². The number of hydrogen-bond acceptors (Lipinski definition) is 2. The normalized spacial score (nSPS) is 24.6. The summed E-state index contributed by atoms with van der Waals surface area (Å²) in [6.45, 7) is 4.48. The molecule has 1 heterocycles. The van der Waals surface area contributed by atoms with E-state index in [-0.39, 0.29) is 0 Å². The Hall–Kier alpha value is -0.0800. The maximum atomic E-state index is 5.70. The van der Waals surface area contributed by atoms with E-state index >= 15 is 0 Å². The highest BCUT2D eigenvalue weighted by molar-refractivity contribution is 4.71. The second kappa shape index (κ2) is 3.94. The second-order valence-electron chi connectivity index (χ2n) is 3.41. The van der Waals surface area contributed by atoms with Crippen molar-refractivity contribution in [3.63, 3.8) is 0 Å². The van der Waals surface area contributed by atoms with Gasteiger partial charge in [0.25, 0.3) is 0 Å². The molecule has 3 N–H and O–H groups in total. The van der Waals surface area contributed by atoms with Crippen LogP contribution in [0, 0.1) is 5.92 Å². The Morgan fingerprint density at radius 1 is 1.50 bits per heavy atom. The van der Waals surface area contributed by atoms with E-state index in [2.05, 4.69) is 12.2 Å². The van der Waals surface area contributed by atoms with Crippen LogP contribution in [0.4, 0.5) is 0 Å². The van der Waals surface area contributed by atoms with Gasteiger partial charge < -0.3 is 11.1 Å². The number of piperidine rings is 1. The lowest BCUT2D eigenvalue weighted by molar-refractivity contribution is 0.337. The number of nitrogens with one attached hydrogen (secondary N) is 1. The summed E-state index contributed by atoms with van der Waals surface area (Å²) in [4.78, 5) is 0. The van der Waals surface area contributed by atoms with Gasteiger partial charge in [0.2, 0.25) is 0 Å². The topological polar surface area (TPSA) is 38.0 Å². The van der Waals surface area contributed by atoms with E-state index in [1.54, 1.807) is 0 Å². The van der Waals surface area contributed by atoms with Gasteiger partial charge in [-0.1, -0.05) is 0 Å². The Morgan fingerprint density at radius 3 is 2.60 bits per heavy atom. The van der Waals surface area contributed by atoms with Crippen LogP contribution >= 0.6 is 0 Å². The Kier molecular flexibility index (Phi) is 3.16. The molecule has 1 rings (SSSR count). The van der Waals surface area contributed by atoms with Crippen molar-refractivity contribution >= 4 is 0 Å². The van der Waals surface area contributed by atoms with Gasteiger partial charge in [0.05, 0.1) is 0 Å². The Morgan fingerprint density at radius 2 is 2.10 bits per heavy atom. The summed E-state index contributed by atoms with van der Waals surface area (Å²) in [5.74, 6) is 0.890. The van der Waals surface area contributed by atoms with Crippen LogP contribution in [0.15, 0.2) is 0 Å². The summed E-state index contributed by atoms with van der Waals surface area (Å²) < 4.78 is 0. The lowest BCUT2D eigenvalue weighted by Gasteiger charge is -2.23. The lowest BCUT2D eigenvalue weighted by Crippen LogP contribution is -2.31. The van der Waals surface area contributed by atoms with Gasteiger partial charge in [0, 0.05) is 6.04 Å². The average molecular weight is 142 g/mol. The molecule has 1 aliphatic heterocycles. The van der Waals surface area contributed by atoms with Crippen molar-refractivity contribution < 1.29 is 0 Å². The third-order valence-corrected chi connectivity index (χ3v) is 2.16.